The number of carbonyl (C=O) groups is 1. The number of aromatic nitrogens is 1. The zero-order valence-corrected chi connectivity index (χ0v) is 15.2. The van der Waals surface area contributed by atoms with Gasteiger partial charge in [0, 0.05) is 0 Å². The number of halogens is 6. The van der Waals surface area contributed by atoms with Crippen LogP contribution in [0.4, 0.5) is 26.3 Å². The van der Waals surface area contributed by atoms with Crippen LogP contribution in [0.5, 0.6) is 0 Å². The number of alkyl halides is 6. The Labute approximate surface area is 171 Å². The van der Waals surface area contributed by atoms with Crippen LogP contribution in [-0.4, -0.2) is 16.1 Å². The summed E-state index contributed by atoms with van der Waals surface area (Å²) in [5, 5.41) is 8.33. The zero-order chi connectivity index (χ0) is 21.1. The van der Waals surface area contributed by atoms with Crippen LogP contribution in [0, 0.1) is 19.2 Å². The fraction of sp³-hybridized carbons (Fsp3) is 0.278. The van der Waals surface area contributed by atoms with Crippen molar-refractivity contribution in [2.24, 2.45) is 0 Å². The van der Waals surface area contributed by atoms with E-state index >= 15 is 0 Å². The molecule has 0 bridgehead atoms. The second kappa shape index (κ2) is 13.2. The Morgan fingerprint density at radius 1 is 1.14 bits per heavy atom. The van der Waals surface area contributed by atoms with E-state index in [1.807, 2.05) is 0 Å². The number of unbranched alkanes of at least 4 members (excludes halogenated alkanes) is 1. The summed E-state index contributed by atoms with van der Waals surface area (Å²) >= 11 is 0. The minimum atomic E-state index is -4.78. The standard InChI is InChI=1S/C8H3F6.C6H4NO2.C4H9.Li/c9-7(10,11)5-2-1-3-6(4-5)8(12,13)14;8-6(9)5-2-1-3-7-4-5;1-3-4-2;/h2-4H;1-2,4H,(H,8,9);1,3-4H2,2H3;/q3*-1;+1. The van der Waals surface area contributed by atoms with E-state index in [1.165, 1.54) is 24.8 Å². The molecule has 1 aromatic carbocycles. The van der Waals surface area contributed by atoms with Gasteiger partial charge in [0.25, 0.3) is 0 Å². The molecule has 1 aromatic heterocycles. The van der Waals surface area contributed by atoms with Crippen LogP contribution in [0.25, 0.3) is 0 Å². The molecule has 10 heteroatoms. The number of hydrogen-bond acceptors (Lipinski definition) is 2. The summed E-state index contributed by atoms with van der Waals surface area (Å²) in [6.45, 7) is 5.72. The van der Waals surface area contributed by atoms with Crippen molar-refractivity contribution >= 4 is 5.97 Å². The van der Waals surface area contributed by atoms with Crippen molar-refractivity contribution in [2.45, 2.75) is 32.1 Å². The van der Waals surface area contributed by atoms with Gasteiger partial charge >= 0.3 is 37.2 Å². The molecule has 0 aliphatic rings. The molecule has 0 spiro atoms. The Balaban J connectivity index is 0. The SMILES string of the molecule is FC(F)(F)c1c[c-]cc(C(F)(F)F)c1.O=C(O)c1cc[c-]nc1.[CH2-]CCC.[Li+]. The largest absolute Gasteiger partial charge is 1.00 e. The summed E-state index contributed by atoms with van der Waals surface area (Å²) < 4.78 is 71.8. The molecule has 3 nitrogen and oxygen atoms in total. The molecule has 2 rings (SSSR count). The van der Waals surface area contributed by atoms with Crippen LogP contribution >= 0.6 is 0 Å². The monoisotopic (exact) mass is 399 g/mol. The molecule has 1 heterocycles. The number of nitrogens with zero attached hydrogens (tertiary/aromatic N) is 1. The Morgan fingerprint density at radius 2 is 1.61 bits per heavy atom. The molecule has 0 aliphatic carbocycles. The molecule has 0 atom stereocenters. The molecule has 0 amide bonds. The molecule has 0 radical (unpaired) electrons. The second-order valence-corrected chi connectivity index (χ2v) is 4.84. The molecule has 0 fully saturated rings. The molecule has 28 heavy (non-hydrogen) atoms. The number of carboxylic acids is 1. The van der Waals surface area contributed by atoms with Gasteiger partial charge in [0.05, 0.1) is 0 Å². The number of pyridine rings is 1. The average molecular weight is 399 g/mol. The summed E-state index contributed by atoms with van der Waals surface area (Å²) in [7, 11) is 0. The van der Waals surface area contributed by atoms with Crippen molar-refractivity contribution in [3.63, 3.8) is 0 Å². The summed E-state index contributed by atoms with van der Waals surface area (Å²) in [4.78, 5) is 13.6. The van der Waals surface area contributed by atoms with Gasteiger partial charge in [-0.25, -0.2) is 4.79 Å². The molecule has 2 aromatic rings. The van der Waals surface area contributed by atoms with Gasteiger partial charge < -0.3 is 17.0 Å². The molecule has 150 valence electrons. The number of hydrogen-bond donors (Lipinski definition) is 1. The van der Waals surface area contributed by atoms with Gasteiger partial charge in [0.15, 0.2) is 0 Å². The maximum Gasteiger partial charge on any atom is 1.00 e. The van der Waals surface area contributed by atoms with Crippen LogP contribution in [0.1, 0.15) is 41.3 Å². The van der Waals surface area contributed by atoms with Crippen LogP contribution in [-0.2, 0) is 12.4 Å². The predicted molar refractivity (Wildman–Crippen MR) is 85.6 cm³/mol. The van der Waals surface area contributed by atoms with E-state index in [9.17, 15) is 31.1 Å². The minimum absolute atomic E-state index is 0. The van der Waals surface area contributed by atoms with Crippen molar-refractivity contribution in [1.82, 2.24) is 4.98 Å². The summed E-state index contributed by atoms with van der Waals surface area (Å²) in [6, 6.07) is 5.69. The van der Waals surface area contributed by atoms with Crippen molar-refractivity contribution < 1.29 is 55.1 Å². The molecular weight excluding hydrogens is 383 g/mol. The van der Waals surface area contributed by atoms with E-state index in [1.54, 1.807) is 6.07 Å². The normalized spacial score (nSPS) is 10.4. The number of benzene rings is 1. The molecule has 0 saturated carbocycles. The topological polar surface area (TPSA) is 50.2 Å². The molecular formula is C18H16F6LiNO2-2. The number of carboxylic acid groups (broad SMARTS) is 1. The van der Waals surface area contributed by atoms with Crippen LogP contribution in [0.3, 0.4) is 0 Å². The fourth-order valence-electron chi connectivity index (χ4n) is 1.25. The number of rotatable bonds is 2. The minimum Gasteiger partial charge on any atom is -0.479 e. The van der Waals surface area contributed by atoms with Gasteiger partial charge in [-0.1, -0.05) is 36.9 Å². The summed E-state index contributed by atoms with van der Waals surface area (Å²) in [5.41, 5.74) is -2.52. The Morgan fingerprint density at radius 3 is 1.86 bits per heavy atom. The molecule has 0 saturated heterocycles. The first-order valence-electron chi connectivity index (χ1n) is 7.43. The maximum absolute atomic E-state index is 12.0. The van der Waals surface area contributed by atoms with Crippen molar-refractivity contribution in [3.05, 3.63) is 72.4 Å². The van der Waals surface area contributed by atoms with Crippen molar-refractivity contribution in [1.29, 1.82) is 0 Å². The number of aromatic carboxylic acids is 1. The Kier molecular flexibility index (Phi) is 13.3. The van der Waals surface area contributed by atoms with Gasteiger partial charge in [0.2, 0.25) is 0 Å². The third kappa shape index (κ3) is 11.7. The summed E-state index contributed by atoms with van der Waals surface area (Å²) in [6.07, 6.45) is -3.56. The van der Waals surface area contributed by atoms with E-state index < -0.39 is 29.4 Å². The third-order valence-electron chi connectivity index (χ3n) is 2.66. The van der Waals surface area contributed by atoms with Gasteiger partial charge in [0.1, 0.15) is 0 Å². The fourth-order valence-corrected chi connectivity index (χ4v) is 1.25. The van der Waals surface area contributed by atoms with Crippen molar-refractivity contribution in [3.8, 4) is 0 Å². The van der Waals surface area contributed by atoms with Crippen LogP contribution in [0.15, 0.2) is 36.5 Å². The molecule has 1 N–H and O–H groups in total. The van der Waals surface area contributed by atoms with Crippen LogP contribution < -0.4 is 18.9 Å². The molecule has 0 unspecified atom stereocenters. The van der Waals surface area contributed by atoms with Gasteiger partial charge in [-0.2, -0.15) is 63.1 Å². The van der Waals surface area contributed by atoms with Gasteiger partial charge in [-0.05, 0) is 5.56 Å². The maximum atomic E-state index is 12.0. The van der Waals surface area contributed by atoms with E-state index in [0.29, 0.717) is 12.1 Å². The van der Waals surface area contributed by atoms with E-state index in [2.05, 4.69) is 25.0 Å². The quantitative estimate of drug-likeness (QED) is 0.480. The average Bonchev–Trinajstić information content (AvgIpc) is 2.62. The first-order valence-corrected chi connectivity index (χ1v) is 7.43. The third-order valence-corrected chi connectivity index (χ3v) is 2.66. The zero-order valence-electron chi connectivity index (χ0n) is 15.2. The Hall–Kier alpha value is -1.98. The van der Waals surface area contributed by atoms with Gasteiger partial charge in [-0.15, -0.1) is 6.07 Å². The predicted octanol–water partition coefficient (Wildman–Crippen LogP) is 2.73. The second-order valence-electron chi connectivity index (χ2n) is 4.84. The van der Waals surface area contributed by atoms with E-state index in [-0.39, 0.29) is 30.5 Å². The Bertz CT molecular complexity index is 659. The summed E-state index contributed by atoms with van der Waals surface area (Å²) in [5.74, 6) is -0.962. The van der Waals surface area contributed by atoms with Crippen LogP contribution in [0.2, 0.25) is 0 Å². The smallest absolute Gasteiger partial charge is 0.479 e. The van der Waals surface area contributed by atoms with Crippen molar-refractivity contribution in [2.75, 3.05) is 0 Å². The first kappa shape index (κ1) is 28.2. The van der Waals surface area contributed by atoms with Gasteiger partial charge in [-0.3, -0.25) is 0 Å². The first-order chi connectivity index (χ1) is 12.4. The van der Waals surface area contributed by atoms with E-state index in [4.69, 9.17) is 5.11 Å². The molecule has 0 aliphatic heterocycles. The van der Waals surface area contributed by atoms with E-state index in [0.717, 1.165) is 6.42 Å².